The first-order chi connectivity index (χ1) is 14.1. The number of phenols is 1. The minimum absolute atomic E-state index is 0.0165. The SMILES string of the molecule is CN=c1scc(-c2ccc3c(c2)NC(=O)CO3)n1N=Cc1ccc(OC)c(O)c1. The smallest absolute Gasteiger partial charge is 0.262 e. The van der Waals surface area contributed by atoms with Gasteiger partial charge in [-0.25, -0.2) is 4.68 Å². The van der Waals surface area contributed by atoms with E-state index >= 15 is 0 Å². The maximum Gasteiger partial charge on any atom is 0.262 e. The number of nitrogens with one attached hydrogen (secondary N) is 1. The number of aromatic hydroxyl groups is 1. The molecule has 4 rings (SSSR count). The Kier molecular flexibility index (Phi) is 5.05. The Morgan fingerprint density at radius 1 is 1.31 bits per heavy atom. The largest absolute Gasteiger partial charge is 0.504 e. The van der Waals surface area contributed by atoms with Gasteiger partial charge < -0.3 is 19.9 Å². The van der Waals surface area contributed by atoms with Crippen molar-refractivity contribution in [1.29, 1.82) is 0 Å². The monoisotopic (exact) mass is 410 g/mol. The number of phenolic OH excluding ortho intramolecular Hbond substituents is 1. The van der Waals surface area contributed by atoms with Gasteiger partial charge in [0.05, 0.1) is 24.7 Å². The Balaban J connectivity index is 1.72. The molecule has 0 radical (unpaired) electrons. The molecule has 1 aliphatic heterocycles. The summed E-state index contributed by atoms with van der Waals surface area (Å²) in [5, 5.41) is 19.3. The standard InChI is InChI=1S/C20H18N4O4S/c1-21-20-24(22-9-12-3-5-18(27-2)16(25)7-12)15(11-29-20)13-4-6-17-14(8-13)23-19(26)10-28-17/h3-9,11,25H,10H2,1-2H3,(H,23,26). The fraction of sp³-hybridized carbons (Fsp3) is 0.150. The van der Waals surface area contributed by atoms with E-state index in [-0.39, 0.29) is 18.3 Å². The number of hydrogen-bond acceptors (Lipinski definition) is 7. The van der Waals surface area contributed by atoms with E-state index in [2.05, 4.69) is 15.4 Å². The molecule has 8 nitrogen and oxygen atoms in total. The van der Waals surface area contributed by atoms with Gasteiger partial charge in [-0.3, -0.25) is 9.79 Å². The molecule has 9 heteroatoms. The van der Waals surface area contributed by atoms with Crippen LogP contribution in [0.3, 0.4) is 0 Å². The van der Waals surface area contributed by atoms with Crippen LogP contribution in [0.2, 0.25) is 0 Å². The van der Waals surface area contributed by atoms with Crippen LogP contribution in [0.15, 0.2) is 51.9 Å². The predicted molar refractivity (Wildman–Crippen MR) is 111 cm³/mol. The molecule has 0 saturated heterocycles. The third-order valence-corrected chi connectivity index (χ3v) is 5.22. The second kappa shape index (κ2) is 7.80. The number of rotatable bonds is 4. The highest BCUT2D eigenvalue weighted by molar-refractivity contribution is 7.07. The summed E-state index contributed by atoms with van der Waals surface area (Å²) in [7, 11) is 3.19. The summed E-state index contributed by atoms with van der Waals surface area (Å²) in [5.41, 5.74) is 3.00. The van der Waals surface area contributed by atoms with Crippen LogP contribution in [0.4, 0.5) is 5.69 Å². The highest BCUT2D eigenvalue weighted by Crippen LogP contribution is 2.33. The van der Waals surface area contributed by atoms with Crippen LogP contribution in [-0.2, 0) is 4.79 Å². The number of carbonyl (C=O) groups excluding carboxylic acids is 1. The van der Waals surface area contributed by atoms with Crippen molar-refractivity contribution in [2.45, 2.75) is 0 Å². The van der Waals surface area contributed by atoms with Crippen LogP contribution in [0.5, 0.6) is 17.2 Å². The van der Waals surface area contributed by atoms with Gasteiger partial charge in [-0.2, -0.15) is 5.10 Å². The first-order valence-electron chi connectivity index (χ1n) is 8.71. The number of aromatic nitrogens is 1. The quantitative estimate of drug-likeness (QED) is 0.646. The Bertz CT molecular complexity index is 1180. The highest BCUT2D eigenvalue weighted by atomic mass is 32.1. The van der Waals surface area contributed by atoms with E-state index < -0.39 is 0 Å². The van der Waals surface area contributed by atoms with E-state index in [4.69, 9.17) is 9.47 Å². The molecule has 0 saturated carbocycles. The predicted octanol–water partition coefficient (Wildman–Crippen LogP) is 2.67. The van der Waals surface area contributed by atoms with Crippen molar-refractivity contribution < 1.29 is 19.4 Å². The van der Waals surface area contributed by atoms with Gasteiger partial charge in [0.1, 0.15) is 5.75 Å². The molecule has 29 heavy (non-hydrogen) atoms. The number of anilines is 1. The molecule has 3 aromatic rings. The number of nitrogens with zero attached hydrogens (tertiary/aromatic N) is 3. The van der Waals surface area contributed by atoms with Gasteiger partial charge in [0, 0.05) is 18.0 Å². The normalized spacial score (nSPS) is 13.9. The average molecular weight is 410 g/mol. The van der Waals surface area contributed by atoms with Crippen LogP contribution in [-0.4, -0.2) is 42.7 Å². The molecule has 148 valence electrons. The lowest BCUT2D eigenvalue weighted by Crippen LogP contribution is -2.25. The third-order valence-electron chi connectivity index (χ3n) is 4.31. The zero-order chi connectivity index (χ0) is 20.4. The number of hydrogen-bond donors (Lipinski definition) is 2. The molecule has 1 aliphatic rings. The van der Waals surface area contributed by atoms with Gasteiger partial charge in [0.25, 0.3) is 5.91 Å². The second-order valence-corrected chi connectivity index (χ2v) is 7.00. The molecule has 2 heterocycles. The van der Waals surface area contributed by atoms with Crippen molar-refractivity contribution in [3.05, 3.63) is 52.1 Å². The average Bonchev–Trinajstić information content (AvgIpc) is 3.14. The van der Waals surface area contributed by atoms with E-state index in [9.17, 15) is 9.90 Å². The lowest BCUT2D eigenvalue weighted by molar-refractivity contribution is -0.118. The molecule has 0 aliphatic carbocycles. The summed E-state index contributed by atoms with van der Waals surface area (Å²) < 4.78 is 12.2. The van der Waals surface area contributed by atoms with Gasteiger partial charge >= 0.3 is 0 Å². The molecule has 0 fully saturated rings. The Morgan fingerprint density at radius 2 is 2.17 bits per heavy atom. The van der Waals surface area contributed by atoms with Crippen molar-refractivity contribution in [1.82, 2.24) is 4.68 Å². The lowest BCUT2D eigenvalue weighted by Gasteiger charge is -2.18. The number of ether oxygens (including phenoxy) is 2. The Morgan fingerprint density at radius 3 is 2.93 bits per heavy atom. The summed E-state index contributed by atoms with van der Waals surface area (Å²) in [6.45, 7) is 0.0165. The minimum atomic E-state index is -0.186. The van der Waals surface area contributed by atoms with E-state index in [0.29, 0.717) is 27.6 Å². The van der Waals surface area contributed by atoms with Crippen molar-refractivity contribution in [3.63, 3.8) is 0 Å². The number of thiazole rings is 1. The number of benzene rings is 2. The number of fused-ring (bicyclic) bond motifs is 1. The van der Waals surface area contributed by atoms with E-state index in [1.165, 1.54) is 18.4 Å². The van der Waals surface area contributed by atoms with Crippen LogP contribution in [0, 0.1) is 0 Å². The van der Waals surface area contributed by atoms with Crippen LogP contribution in [0.25, 0.3) is 11.3 Å². The fourth-order valence-corrected chi connectivity index (χ4v) is 3.72. The van der Waals surface area contributed by atoms with E-state index in [1.54, 1.807) is 36.1 Å². The molecule has 2 aromatic carbocycles. The van der Waals surface area contributed by atoms with Crippen LogP contribution in [0.1, 0.15) is 5.56 Å². The zero-order valence-electron chi connectivity index (χ0n) is 15.7. The molecule has 0 spiro atoms. The maximum atomic E-state index is 11.6. The second-order valence-electron chi connectivity index (χ2n) is 6.16. The molecule has 0 atom stereocenters. The molecule has 0 bridgehead atoms. The van der Waals surface area contributed by atoms with Crippen LogP contribution < -0.4 is 19.6 Å². The van der Waals surface area contributed by atoms with Gasteiger partial charge in [-0.15, -0.1) is 11.3 Å². The van der Waals surface area contributed by atoms with Gasteiger partial charge in [-0.1, -0.05) is 0 Å². The van der Waals surface area contributed by atoms with Crippen molar-refractivity contribution in [3.8, 4) is 28.5 Å². The lowest BCUT2D eigenvalue weighted by atomic mass is 10.1. The molecular formula is C20H18N4O4S. The molecule has 1 aromatic heterocycles. The van der Waals surface area contributed by atoms with Crippen molar-refractivity contribution >= 4 is 29.1 Å². The maximum absolute atomic E-state index is 11.6. The number of carbonyl (C=O) groups is 1. The fourth-order valence-electron chi connectivity index (χ4n) is 2.91. The summed E-state index contributed by atoms with van der Waals surface area (Å²) in [6, 6.07) is 10.6. The van der Waals surface area contributed by atoms with Gasteiger partial charge in [-0.05, 0) is 42.0 Å². The number of amides is 1. The Labute approximate surface area is 170 Å². The van der Waals surface area contributed by atoms with Gasteiger partial charge in [0.15, 0.2) is 18.1 Å². The molecule has 2 N–H and O–H groups in total. The molecule has 0 unspecified atom stereocenters. The van der Waals surface area contributed by atoms with E-state index in [1.807, 2.05) is 23.6 Å². The summed E-state index contributed by atoms with van der Waals surface area (Å²) in [5.74, 6) is 0.883. The molecular weight excluding hydrogens is 392 g/mol. The first-order valence-corrected chi connectivity index (χ1v) is 9.59. The first kappa shape index (κ1) is 18.8. The number of methoxy groups -OCH3 is 1. The van der Waals surface area contributed by atoms with Crippen LogP contribution >= 0.6 is 11.3 Å². The van der Waals surface area contributed by atoms with Gasteiger partial charge in [0.2, 0.25) is 4.80 Å². The topological polar surface area (TPSA) is 97.4 Å². The highest BCUT2D eigenvalue weighted by Gasteiger charge is 2.17. The summed E-state index contributed by atoms with van der Waals surface area (Å²) in [4.78, 5) is 16.6. The minimum Gasteiger partial charge on any atom is -0.504 e. The third kappa shape index (κ3) is 3.72. The summed E-state index contributed by atoms with van der Waals surface area (Å²) >= 11 is 1.45. The Hall–Kier alpha value is -3.59. The van der Waals surface area contributed by atoms with Crippen molar-refractivity contribution in [2.75, 3.05) is 26.1 Å². The summed E-state index contributed by atoms with van der Waals surface area (Å²) in [6.07, 6.45) is 1.63. The van der Waals surface area contributed by atoms with Crippen molar-refractivity contribution in [2.24, 2.45) is 10.1 Å². The molecule has 1 amide bonds. The van der Waals surface area contributed by atoms with E-state index in [0.717, 1.165) is 11.3 Å². The zero-order valence-corrected chi connectivity index (χ0v) is 16.6.